The Morgan fingerprint density at radius 1 is 1.47 bits per heavy atom. The highest BCUT2D eigenvalue weighted by Crippen LogP contribution is 2.15. The second kappa shape index (κ2) is 6.36. The maximum absolute atomic E-state index is 11.8. The van der Waals surface area contributed by atoms with E-state index in [4.69, 9.17) is 5.73 Å². The van der Waals surface area contributed by atoms with Gasteiger partial charge < -0.3 is 11.1 Å². The van der Waals surface area contributed by atoms with Crippen LogP contribution in [0.4, 0.5) is 10.5 Å². The normalized spacial score (nSPS) is 9.82. The lowest BCUT2D eigenvalue weighted by molar-refractivity contribution is -0.125. The molecule has 1 aromatic carbocycles. The van der Waals surface area contributed by atoms with Crippen LogP contribution in [0.3, 0.4) is 0 Å². The van der Waals surface area contributed by atoms with Crippen LogP contribution in [-0.4, -0.2) is 29.9 Å². The molecule has 5 nitrogen and oxygen atoms in total. The molecule has 0 saturated heterocycles. The molecular formula is C11H14BrN3O2. The maximum atomic E-state index is 11.8. The van der Waals surface area contributed by atoms with E-state index in [-0.39, 0.29) is 19.0 Å². The number of carbonyl (C=O) groups is 2. The van der Waals surface area contributed by atoms with Crippen LogP contribution in [0.1, 0.15) is 6.92 Å². The van der Waals surface area contributed by atoms with E-state index >= 15 is 0 Å². The average Bonchev–Trinajstić information content (AvgIpc) is 2.25. The second-order valence-electron chi connectivity index (χ2n) is 3.40. The van der Waals surface area contributed by atoms with Gasteiger partial charge in [-0.15, -0.1) is 0 Å². The monoisotopic (exact) mass is 299 g/mol. The number of nitrogens with two attached hydrogens (primary N) is 1. The molecule has 0 bridgehead atoms. The molecule has 0 fully saturated rings. The third-order valence-corrected chi connectivity index (χ3v) is 2.55. The van der Waals surface area contributed by atoms with Crippen molar-refractivity contribution in [3.63, 3.8) is 0 Å². The smallest absolute Gasteiger partial charge is 0.328 e. The van der Waals surface area contributed by atoms with Crippen LogP contribution in [0.25, 0.3) is 0 Å². The number of nitrogens with zero attached hydrogens (tertiary/aromatic N) is 1. The van der Waals surface area contributed by atoms with Crippen molar-refractivity contribution in [2.75, 3.05) is 18.4 Å². The zero-order chi connectivity index (χ0) is 12.8. The summed E-state index contributed by atoms with van der Waals surface area (Å²) in [6, 6.07) is 6.65. The third kappa shape index (κ3) is 4.16. The molecule has 17 heavy (non-hydrogen) atoms. The Hall–Kier alpha value is -1.40. The van der Waals surface area contributed by atoms with E-state index in [1.165, 1.54) is 6.92 Å². The van der Waals surface area contributed by atoms with E-state index in [1.807, 2.05) is 6.07 Å². The lowest BCUT2D eigenvalue weighted by Gasteiger charge is -2.18. The van der Waals surface area contributed by atoms with Crippen LogP contribution in [0, 0.1) is 0 Å². The van der Waals surface area contributed by atoms with Gasteiger partial charge in [0.05, 0.1) is 0 Å². The molecule has 1 rings (SSSR count). The van der Waals surface area contributed by atoms with Gasteiger partial charge in [0.25, 0.3) is 0 Å². The van der Waals surface area contributed by atoms with Gasteiger partial charge in [-0.05, 0) is 18.2 Å². The summed E-state index contributed by atoms with van der Waals surface area (Å²) < 4.78 is 0.850. The predicted molar refractivity (Wildman–Crippen MR) is 69.6 cm³/mol. The number of anilines is 1. The number of benzene rings is 1. The van der Waals surface area contributed by atoms with Crippen molar-refractivity contribution in [2.45, 2.75) is 6.92 Å². The van der Waals surface area contributed by atoms with Gasteiger partial charge in [-0.3, -0.25) is 9.69 Å². The number of nitrogens with one attached hydrogen (secondary N) is 1. The molecule has 0 aliphatic carbocycles. The van der Waals surface area contributed by atoms with Gasteiger partial charge in [0, 0.05) is 30.2 Å². The fourth-order valence-corrected chi connectivity index (χ4v) is 1.69. The summed E-state index contributed by atoms with van der Waals surface area (Å²) in [6.07, 6.45) is 0. The maximum Gasteiger partial charge on any atom is 0.328 e. The number of carbonyl (C=O) groups excluding carboxylic acids is 2. The first kappa shape index (κ1) is 13.7. The van der Waals surface area contributed by atoms with Crippen molar-refractivity contribution < 1.29 is 9.59 Å². The molecule has 0 radical (unpaired) electrons. The fourth-order valence-electron chi connectivity index (χ4n) is 1.29. The summed E-state index contributed by atoms with van der Waals surface area (Å²) in [7, 11) is 0. The molecule has 6 heteroatoms. The van der Waals surface area contributed by atoms with Crippen molar-refractivity contribution in [1.82, 2.24) is 4.90 Å². The number of imide groups is 1. The highest BCUT2D eigenvalue weighted by Gasteiger charge is 2.16. The van der Waals surface area contributed by atoms with Crippen LogP contribution in [0.15, 0.2) is 28.7 Å². The van der Waals surface area contributed by atoms with E-state index in [2.05, 4.69) is 21.2 Å². The van der Waals surface area contributed by atoms with Crippen molar-refractivity contribution in [2.24, 2.45) is 5.73 Å². The molecule has 0 saturated carbocycles. The van der Waals surface area contributed by atoms with Gasteiger partial charge in [-0.2, -0.15) is 0 Å². The number of hydrogen-bond donors (Lipinski definition) is 2. The number of rotatable bonds is 3. The zero-order valence-electron chi connectivity index (χ0n) is 9.44. The number of amides is 3. The summed E-state index contributed by atoms with van der Waals surface area (Å²) in [5, 5.41) is 2.63. The van der Waals surface area contributed by atoms with Crippen LogP contribution in [-0.2, 0) is 4.79 Å². The molecule has 3 N–H and O–H groups in total. The minimum absolute atomic E-state index is 0.204. The molecule has 3 amide bonds. The standard InChI is InChI=1S/C11H14BrN3O2/c1-8(16)15(6-5-13)11(17)14-10-4-2-3-9(12)7-10/h2-4,7H,5-6,13H2,1H3,(H,14,17). The summed E-state index contributed by atoms with van der Waals surface area (Å²) in [5.41, 5.74) is 5.96. The predicted octanol–water partition coefficient (Wildman–Crippen LogP) is 1.79. The van der Waals surface area contributed by atoms with Gasteiger partial charge in [0.15, 0.2) is 0 Å². The zero-order valence-corrected chi connectivity index (χ0v) is 11.0. The van der Waals surface area contributed by atoms with Gasteiger partial charge in [-0.1, -0.05) is 22.0 Å². The highest BCUT2D eigenvalue weighted by molar-refractivity contribution is 9.10. The Bertz CT molecular complexity index is 423. The Morgan fingerprint density at radius 3 is 2.71 bits per heavy atom. The first-order valence-corrected chi connectivity index (χ1v) is 5.88. The van der Waals surface area contributed by atoms with Crippen molar-refractivity contribution in [3.05, 3.63) is 28.7 Å². The summed E-state index contributed by atoms with van der Waals surface area (Å²) in [4.78, 5) is 24.1. The van der Waals surface area contributed by atoms with E-state index < -0.39 is 6.03 Å². The lowest BCUT2D eigenvalue weighted by Crippen LogP contribution is -2.41. The molecule has 1 aromatic rings. The van der Waals surface area contributed by atoms with Crippen molar-refractivity contribution in [1.29, 1.82) is 0 Å². The molecule has 0 aliphatic heterocycles. The first-order valence-electron chi connectivity index (χ1n) is 5.09. The van der Waals surface area contributed by atoms with Gasteiger partial charge in [-0.25, -0.2) is 4.79 Å². The topological polar surface area (TPSA) is 75.4 Å². The number of halogens is 1. The van der Waals surface area contributed by atoms with Crippen LogP contribution in [0.5, 0.6) is 0 Å². The Kier molecular flexibility index (Phi) is 5.11. The SMILES string of the molecule is CC(=O)N(CCN)C(=O)Nc1cccc(Br)c1. The van der Waals surface area contributed by atoms with E-state index in [0.717, 1.165) is 9.37 Å². The van der Waals surface area contributed by atoms with E-state index in [1.54, 1.807) is 18.2 Å². The lowest BCUT2D eigenvalue weighted by atomic mass is 10.3. The number of hydrogen-bond acceptors (Lipinski definition) is 3. The molecule has 0 heterocycles. The van der Waals surface area contributed by atoms with Crippen LogP contribution in [0.2, 0.25) is 0 Å². The molecule has 0 spiro atoms. The Balaban J connectivity index is 2.73. The molecule has 0 unspecified atom stereocenters. The van der Waals surface area contributed by atoms with Gasteiger partial charge in [0.1, 0.15) is 0 Å². The van der Waals surface area contributed by atoms with Crippen LogP contribution >= 0.6 is 15.9 Å². The molecule has 0 atom stereocenters. The summed E-state index contributed by atoms with van der Waals surface area (Å²) >= 11 is 3.30. The molecule has 0 aliphatic rings. The summed E-state index contributed by atoms with van der Waals surface area (Å²) in [5.74, 6) is -0.331. The second-order valence-corrected chi connectivity index (χ2v) is 4.32. The van der Waals surface area contributed by atoms with Gasteiger partial charge >= 0.3 is 6.03 Å². The summed E-state index contributed by atoms with van der Waals surface area (Å²) in [6.45, 7) is 1.77. The number of urea groups is 1. The Morgan fingerprint density at radius 2 is 2.18 bits per heavy atom. The largest absolute Gasteiger partial charge is 0.329 e. The molecule has 92 valence electrons. The third-order valence-electron chi connectivity index (χ3n) is 2.05. The fraction of sp³-hybridized carbons (Fsp3) is 0.273. The van der Waals surface area contributed by atoms with Crippen molar-refractivity contribution in [3.8, 4) is 0 Å². The first-order chi connectivity index (χ1) is 8.04. The van der Waals surface area contributed by atoms with E-state index in [9.17, 15) is 9.59 Å². The van der Waals surface area contributed by atoms with Crippen molar-refractivity contribution >= 4 is 33.6 Å². The molecular weight excluding hydrogens is 286 g/mol. The van der Waals surface area contributed by atoms with E-state index in [0.29, 0.717) is 5.69 Å². The van der Waals surface area contributed by atoms with Gasteiger partial charge in [0.2, 0.25) is 5.91 Å². The average molecular weight is 300 g/mol. The minimum atomic E-state index is -0.471. The Labute approximate surface area is 108 Å². The quantitative estimate of drug-likeness (QED) is 0.893. The minimum Gasteiger partial charge on any atom is -0.329 e. The van der Waals surface area contributed by atoms with Crippen LogP contribution < -0.4 is 11.1 Å². The molecule has 0 aromatic heterocycles. The highest BCUT2D eigenvalue weighted by atomic mass is 79.9.